The topological polar surface area (TPSA) is 58.4 Å². The Morgan fingerprint density at radius 3 is 2.84 bits per heavy atom. The van der Waals surface area contributed by atoms with Crippen LogP contribution in [-0.4, -0.2) is 37.0 Å². The highest BCUT2D eigenvalue weighted by molar-refractivity contribution is 9.10. The standard InChI is InChI=1S/C14H22BrN3O/c1-4-10(2)18(3)8-7-17-14(19)12-9-11(15)5-6-13(12)16/h5-6,9-10H,4,7-8,16H2,1-3H3,(H,17,19). The van der Waals surface area contributed by atoms with E-state index in [2.05, 4.69) is 47.0 Å². The Labute approximate surface area is 123 Å². The van der Waals surface area contributed by atoms with Gasteiger partial charge in [-0.05, 0) is 38.6 Å². The molecular weight excluding hydrogens is 306 g/mol. The molecule has 0 saturated heterocycles. The number of carbonyl (C=O) groups is 1. The smallest absolute Gasteiger partial charge is 0.253 e. The average Bonchev–Trinajstić information content (AvgIpc) is 2.40. The molecule has 1 atom stereocenters. The van der Waals surface area contributed by atoms with Crippen LogP contribution in [0.25, 0.3) is 0 Å². The van der Waals surface area contributed by atoms with Crippen molar-refractivity contribution in [2.75, 3.05) is 25.9 Å². The maximum atomic E-state index is 12.0. The number of nitrogens with one attached hydrogen (secondary N) is 1. The lowest BCUT2D eigenvalue weighted by Gasteiger charge is -2.23. The summed E-state index contributed by atoms with van der Waals surface area (Å²) in [6.45, 7) is 5.77. The lowest BCUT2D eigenvalue weighted by molar-refractivity contribution is 0.0948. The molecule has 0 heterocycles. The molecule has 0 aliphatic heterocycles. The van der Waals surface area contributed by atoms with Crippen LogP contribution in [0.5, 0.6) is 0 Å². The fourth-order valence-corrected chi connectivity index (χ4v) is 2.06. The van der Waals surface area contributed by atoms with Crippen molar-refractivity contribution in [3.8, 4) is 0 Å². The van der Waals surface area contributed by atoms with Gasteiger partial charge in [-0.1, -0.05) is 22.9 Å². The largest absolute Gasteiger partial charge is 0.398 e. The van der Waals surface area contributed by atoms with E-state index in [1.54, 1.807) is 12.1 Å². The number of halogens is 1. The van der Waals surface area contributed by atoms with Crippen LogP contribution >= 0.6 is 15.9 Å². The van der Waals surface area contributed by atoms with Gasteiger partial charge in [-0.2, -0.15) is 0 Å². The van der Waals surface area contributed by atoms with Crippen molar-refractivity contribution in [3.05, 3.63) is 28.2 Å². The monoisotopic (exact) mass is 327 g/mol. The molecule has 0 aliphatic rings. The second-order valence-electron chi connectivity index (χ2n) is 4.73. The number of likely N-dealkylation sites (N-methyl/N-ethyl adjacent to an activating group) is 1. The molecule has 1 aromatic rings. The Balaban J connectivity index is 2.50. The van der Waals surface area contributed by atoms with Crippen molar-refractivity contribution >= 4 is 27.5 Å². The molecule has 19 heavy (non-hydrogen) atoms. The third-order valence-electron chi connectivity index (χ3n) is 3.35. The summed E-state index contributed by atoms with van der Waals surface area (Å²) >= 11 is 3.34. The second kappa shape index (κ2) is 7.50. The van der Waals surface area contributed by atoms with Gasteiger partial charge in [0, 0.05) is 29.3 Å². The molecule has 0 bridgehead atoms. The summed E-state index contributed by atoms with van der Waals surface area (Å²) < 4.78 is 0.851. The summed E-state index contributed by atoms with van der Waals surface area (Å²) in [4.78, 5) is 14.2. The van der Waals surface area contributed by atoms with Gasteiger partial charge in [-0.25, -0.2) is 0 Å². The molecule has 0 fully saturated rings. The van der Waals surface area contributed by atoms with Crippen LogP contribution in [0.1, 0.15) is 30.6 Å². The minimum Gasteiger partial charge on any atom is -0.398 e. The Hall–Kier alpha value is -1.07. The van der Waals surface area contributed by atoms with Gasteiger partial charge in [0.05, 0.1) is 5.56 Å². The van der Waals surface area contributed by atoms with Crippen LogP contribution in [0.4, 0.5) is 5.69 Å². The molecule has 0 aromatic heterocycles. The van der Waals surface area contributed by atoms with Crippen LogP contribution in [0, 0.1) is 0 Å². The number of benzene rings is 1. The number of nitrogen functional groups attached to an aromatic ring is 1. The first kappa shape index (κ1) is 16.0. The van der Waals surface area contributed by atoms with Crippen LogP contribution in [0.15, 0.2) is 22.7 Å². The molecule has 0 spiro atoms. The van der Waals surface area contributed by atoms with Gasteiger partial charge in [-0.3, -0.25) is 4.79 Å². The molecule has 1 aromatic carbocycles. The highest BCUT2D eigenvalue weighted by Crippen LogP contribution is 2.18. The minimum absolute atomic E-state index is 0.128. The molecule has 4 nitrogen and oxygen atoms in total. The van der Waals surface area contributed by atoms with E-state index in [1.807, 2.05) is 6.07 Å². The molecule has 3 N–H and O–H groups in total. The molecule has 0 radical (unpaired) electrons. The third kappa shape index (κ3) is 4.84. The number of amides is 1. The molecule has 1 amide bonds. The van der Waals surface area contributed by atoms with Crippen molar-refractivity contribution in [1.29, 1.82) is 0 Å². The zero-order chi connectivity index (χ0) is 14.4. The molecule has 5 heteroatoms. The summed E-state index contributed by atoms with van der Waals surface area (Å²) in [5.74, 6) is -0.128. The average molecular weight is 328 g/mol. The van der Waals surface area contributed by atoms with E-state index in [0.717, 1.165) is 17.4 Å². The molecular formula is C14H22BrN3O. The fraction of sp³-hybridized carbons (Fsp3) is 0.500. The maximum absolute atomic E-state index is 12.0. The van der Waals surface area contributed by atoms with Crippen molar-refractivity contribution < 1.29 is 4.79 Å². The van der Waals surface area contributed by atoms with Gasteiger partial charge in [-0.15, -0.1) is 0 Å². The van der Waals surface area contributed by atoms with Crippen molar-refractivity contribution in [2.24, 2.45) is 0 Å². The molecule has 0 aliphatic carbocycles. The van der Waals surface area contributed by atoms with E-state index in [-0.39, 0.29) is 5.91 Å². The van der Waals surface area contributed by atoms with E-state index in [0.29, 0.717) is 23.8 Å². The number of rotatable bonds is 6. The van der Waals surface area contributed by atoms with Crippen LogP contribution in [0.2, 0.25) is 0 Å². The number of hydrogen-bond donors (Lipinski definition) is 2. The lowest BCUT2D eigenvalue weighted by atomic mass is 10.1. The summed E-state index contributed by atoms with van der Waals surface area (Å²) in [6.07, 6.45) is 1.10. The Morgan fingerprint density at radius 2 is 2.21 bits per heavy atom. The van der Waals surface area contributed by atoms with E-state index < -0.39 is 0 Å². The predicted molar refractivity (Wildman–Crippen MR) is 83.3 cm³/mol. The Morgan fingerprint density at radius 1 is 1.53 bits per heavy atom. The number of anilines is 1. The van der Waals surface area contributed by atoms with Gasteiger partial charge in [0.25, 0.3) is 5.91 Å². The fourth-order valence-electron chi connectivity index (χ4n) is 1.70. The molecule has 106 valence electrons. The Kier molecular flexibility index (Phi) is 6.31. The maximum Gasteiger partial charge on any atom is 0.253 e. The highest BCUT2D eigenvalue weighted by atomic mass is 79.9. The number of hydrogen-bond acceptors (Lipinski definition) is 3. The van der Waals surface area contributed by atoms with E-state index in [4.69, 9.17) is 5.73 Å². The summed E-state index contributed by atoms with van der Waals surface area (Å²) in [6, 6.07) is 5.81. The van der Waals surface area contributed by atoms with Gasteiger partial charge in [0.2, 0.25) is 0 Å². The molecule has 0 saturated carbocycles. The number of nitrogens with two attached hydrogens (primary N) is 1. The number of carbonyl (C=O) groups excluding carboxylic acids is 1. The van der Waals surface area contributed by atoms with Crippen molar-refractivity contribution in [3.63, 3.8) is 0 Å². The van der Waals surface area contributed by atoms with Gasteiger partial charge in [0.15, 0.2) is 0 Å². The quantitative estimate of drug-likeness (QED) is 0.789. The van der Waals surface area contributed by atoms with E-state index in [9.17, 15) is 4.79 Å². The van der Waals surface area contributed by atoms with Crippen LogP contribution < -0.4 is 11.1 Å². The van der Waals surface area contributed by atoms with E-state index in [1.165, 1.54) is 0 Å². The van der Waals surface area contributed by atoms with Crippen molar-refractivity contribution in [2.45, 2.75) is 26.3 Å². The second-order valence-corrected chi connectivity index (χ2v) is 5.64. The summed E-state index contributed by atoms with van der Waals surface area (Å²) in [7, 11) is 2.06. The third-order valence-corrected chi connectivity index (χ3v) is 3.85. The predicted octanol–water partition coefficient (Wildman–Crippen LogP) is 2.49. The van der Waals surface area contributed by atoms with Crippen molar-refractivity contribution in [1.82, 2.24) is 10.2 Å². The zero-order valence-electron chi connectivity index (χ0n) is 11.7. The van der Waals surface area contributed by atoms with Gasteiger partial charge >= 0.3 is 0 Å². The number of nitrogens with zero attached hydrogens (tertiary/aromatic N) is 1. The lowest BCUT2D eigenvalue weighted by Crippen LogP contribution is -2.37. The first-order valence-corrected chi connectivity index (χ1v) is 7.28. The highest BCUT2D eigenvalue weighted by Gasteiger charge is 2.11. The molecule has 1 rings (SSSR count). The molecule has 1 unspecified atom stereocenters. The minimum atomic E-state index is -0.128. The van der Waals surface area contributed by atoms with Crippen LogP contribution in [-0.2, 0) is 0 Å². The zero-order valence-corrected chi connectivity index (χ0v) is 13.3. The van der Waals surface area contributed by atoms with E-state index >= 15 is 0 Å². The first-order valence-electron chi connectivity index (χ1n) is 6.49. The summed E-state index contributed by atoms with van der Waals surface area (Å²) in [5, 5.41) is 2.90. The Bertz CT molecular complexity index is 437. The normalized spacial score (nSPS) is 12.5. The van der Waals surface area contributed by atoms with Crippen LogP contribution in [0.3, 0.4) is 0 Å². The van der Waals surface area contributed by atoms with Gasteiger partial charge in [0.1, 0.15) is 0 Å². The first-order chi connectivity index (χ1) is 8.95. The summed E-state index contributed by atoms with van der Waals surface area (Å²) in [5.41, 5.74) is 6.81. The van der Waals surface area contributed by atoms with Gasteiger partial charge < -0.3 is 16.0 Å². The SMILES string of the molecule is CCC(C)N(C)CCNC(=O)c1cc(Br)ccc1N.